The SMILES string of the molecule is CC(C)(C)[Si](C)(C)n1cc(Br)c2cccnc21. The molecule has 2 aromatic heterocycles. The van der Waals surface area contributed by atoms with Gasteiger partial charge in [-0.1, -0.05) is 33.9 Å². The summed E-state index contributed by atoms with van der Waals surface area (Å²) in [5.74, 6) is 0. The fourth-order valence-corrected chi connectivity index (χ4v) is 4.39. The van der Waals surface area contributed by atoms with Crippen molar-refractivity contribution in [2.75, 3.05) is 0 Å². The van der Waals surface area contributed by atoms with Gasteiger partial charge in [0.05, 0.1) is 0 Å². The van der Waals surface area contributed by atoms with Gasteiger partial charge in [-0.15, -0.1) is 0 Å². The predicted molar refractivity (Wildman–Crippen MR) is 80.0 cm³/mol. The molecule has 0 aliphatic rings. The van der Waals surface area contributed by atoms with E-state index in [1.807, 2.05) is 12.3 Å². The van der Waals surface area contributed by atoms with Crippen LogP contribution in [0.5, 0.6) is 0 Å². The first kappa shape index (κ1) is 12.8. The Balaban J connectivity index is 2.72. The summed E-state index contributed by atoms with van der Waals surface area (Å²) in [6, 6.07) is 4.11. The number of rotatable bonds is 1. The number of hydrogen-bond donors (Lipinski definition) is 0. The molecule has 0 bridgehead atoms. The highest BCUT2D eigenvalue weighted by molar-refractivity contribution is 9.10. The fraction of sp³-hybridized carbons (Fsp3) is 0.462. The zero-order chi connectivity index (χ0) is 12.8. The zero-order valence-electron chi connectivity index (χ0n) is 11.1. The van der Waals surface area contributed by atoms with E-state index in [9.17, 15) is 0 Å². The maximum atomic E-state index is 4.55. The van der Waals surface area contributed by atoms with Gasteiger partial charge in [0.25, 0.3) is 0 Å². The molecular formula is C13H19BrN2Si. The van der Waals surface area contributed by atoms with Crippen molar-refractivity contribution >= 4 is 35.2 Å². The molecule has 0 radical (unpaired) electrons. The van der Waals surface area contributed by atoms with Crippen LogP contribution in [0.3, 0.4) is 0 Å². The summed E-state index contributed by atoms with van der Waals surface area (Å²) < 4.78 is 3.55. The van der Waals surface area contributed by atoms with Crippen LogP contribution in [-0.4, -0.2) is 17.5 Å². The van der Waals surface area contributed by atoms with Gasteiger partial charge in [-0.25, -0.2) is 4.98 Å². The van der Waals surface area contributed by atoms with Crippen LogP contribution >= 0.6 is 15.9 Å². The highest BCUT2D eigenvalue weighted by Crippen LogP contribution is 2.39. The van der Waals surface area contributed by atoms with Crippen LogP contribution < -0.4 is 0 Å². The van der Waals surface area contributed by atoms with Gasteiger partial charge in [0.2, 0.25) is 0 Å². The van der Waals surface area contributed by atoms with Crippen molar-refractivity contribution in [3.63, 3.8) is 0 Å². The molecule has 0 aliphatic carbocycles. The van der Waals surface area contributed by atoms with Crippen LogP contribution in [0.4, 0.5) is 0 Å². The molecule has 0 amide bonds. The van der Waals surface area contributed by atoms with Crippen LogP contribution in [0.1, 0.15) is 20.8 Å². The maximum Gasteiger partial charge on any atom is 0.163 e. The molecule has 2 heterocycles. The van der Waals surface area contributed by atoms with E-state index in [1.165, 1.54) is 5.39 Å². The van der Waals surface area contributed by atoms with Gasteiger partial charge < -0.3 is 4.23 Å². The van der Waals surface area contributed by atoms with Crippen LogP contribution in [0.15, 0.2) is 29.0 Å². The molecule has 0 N–H and O–H groups in total. The van der Waals surface area contributed by atoms with Crippen LogP contribution in [0, 0.1) is 0 Å². The van der Waals surface area contributed by atoms with Crippen molar-refractivity contribution in [2.45, 2.75) is 38.9 Å². The van der Waals surface area contributed by atoms with E-state index in [0.29, 0.717) is 5.04 Å². The van der Waals surface area contributed by atoms with Crippen molar-refractivity contribution in [3.05, 3.63) is 29.0 Å². The van der Waals surface area contributed by atoms with Crippen LogP contribution in [0.25, 0.3) is 11.0 Å². The Bertz CT molecular complexity index is 552. The number of fused-ring (bicyclic) bond motifs is 1. The molecule has 2 aromatic rings. The first-order chi connectivity index (χ1) is 7.75. The third-order valence-corrected chi connectivity index (χ3v) is 9.80. The van der Waals surface area contributed by atoms with Crippen molar-refractivity contribution in [1.82, 2.24) is 9.22 Å². The molecule has 0 spiro atoms. The number of nitrogens with zero attached hydrogens (tertiary/aromatic N) is 2. The molecule has 92 valence electrons. The quantitative estimate of drug-likeness (QED) is 0.701. The standard InChI is InChI=1S/C13H19BrN2Si/c1-13(2,3)17(4,5)16-9-11(14)10-7-6-8-15-12(10)16/h6-9H,1-5H3. The average Bonchev–Trinajstić information content (AvgIpc) is 2.56. The second-order valence-corrected chi connectivity index (χ2v) is 12.0. The molecule has 2 rings (SSSR count). The van der Waals surface area contributed by atoms with E-state index in [-0.39, 0.29) is 0 Å². The molecule has 0 atom stereocenters. The summed E-state index contributed by atoms with van der Waals surface area (Å²) in [5.41, 5.74) is 1.10. The Hall–Kier alpha value is -0.613. The lowest BCUT2D eigenvalue weighted by atomic mass is 10.2. The molecule has 17 heavy (non-hydrogen) atoms. The van der Waals surface area contributed by atoms with Gasteiger partial charge >= 0.3 is 0 Å². The fourth-order valence-electron chi connectivity index (χ4n) is 1.81. The third kappa shape index (κ3) is 1.97. The number of aromatic nitrogens is 2. The topological polar surface area (TPSA) is 17.8 Å². The minimum absolute atomic E-state index is 0.301. The van der Waals surface area contributed by atoms with E-state index >= 15 is 0 Å². The molecule has 0 fully saturated rings. The van der Waals surface area contributed by atoms with E-state index in [2.05, 4.69) is 71.3 Å². The van der Waals surface area contributed by atoms with Crippen LogP contribution in [-0.2, 0) is 0 Å². The van der Waals surface area contributed by atoms with Gasteiger partial charge in [-0.05, 0) is 33.1 Å². The van der Waals surface area contributed by atoms with Crippen molar-refractivity contribution in [2.24, 2.45) is 0 Å². The maximum absolute atomic E-state index is 4.55. The minimum atomic E-state index is -1.60. The third-order valence-electron chi connectivity index (χ3n) is 3.95. The molecule has 0 aliphatic heterocycles. The number of halogens is 1. The number of hydrogen-bond acceptors (Lipinski definition) is 1. The average molecular weight is 311 g/mol. The highest BCUT2D eigenvalue weighted by Gasteiger charge is 2.38. The van der Waals surface area contributed by atoms with E-state index in [0.717, 1.165) is 10.1 Å². The number of pyridine rings is 1. The molecule has 2 nitrogen and oxygen atoms in total. The molecule has 0 aromatic carbocycles. The van der Waals surface area contributed by atoms with Crippen molar-refractivity contribution < 1.29 is 0 Å². The first-order valence-electron chi connectivity index (χ1n) is 5.87. The van der Waals surface area contributed by atoms with Gasteiger partial charge in [-0.2, -0.15) is 0 Å². The van der Waals surface area contributed by atoms with E-state index in [4.69, 9.17) is 0 Å². The highest BCUT2D eigenvalue weighted by atomic mass is 79.9. The Labute approximate surface area is 112 Å². The largest absolute Gasteiger partial charge is 0.358 e. The monoisotopic (exact) mass is 310 g/mol. The second-order valence-electron chi connectivity index (χ2n) is 6.03. The molecule has 0 saturated heterocycles. The van der Waals surface area contributed by atoms with Gasteiger partial charge in [0.15, 0.2) is 8.24 Å². The molecule has 4 heteroatoms. The molecule has 0 unspecified atom stereocenters. The summed E-state index contributed by atoms with van der Waals surface area (Å²) in [6.07, 6.45) is 4.08. The lowest BCUT2D eigenvalue weighted by Gasteiger charge is -2.38. The summed E-state index contributed by atoms with van der Waals surface area (Å²) >= 11 is 3.64. The smallest absolute Gasteiger partial charge is 0.163 e. The van der Waals surface area contributed by atoms with Crippen molar-refractivity contribution in [3.8, 4) is 0 Å². The lowest BCUT2D eigenvalue weighted by molar-refractivity contribution is 0.702. The predicted octanol–water partition coefficient (Wildman–Crippen LogP) is 4.65. The van der Waals surface area contributed by atoms with E-state index < -0.39 is 8.24 Å². The van der Waals surface area contributed by atoms with E-state index in [1.54, 1.807) is 0 Å². The normalized spacial score (nSPS) is 13.3. The van der Waals surface area contributed by atoms with Crippen molar-refractivity contribution in [1.29, 1.82) is 0 Å². The molecule has 0 saturated carbocycles. The Morgan fingerprint density at radius 3 is 2.53 bits per heavy atom. The van der Waals surface area contributed by atoms with Crippen LogP contribution in [0.2, 0.25) is 18.1 Å². The van der Waals surface area contributed by atoms with Gasteiger partial charge in [-0.3, -0.25) is 0 Å². The Morgan fingerprint density at radius 2 is 1.94 bits per heavy atom. The lowest BCUT2D eigenvalue weighted by Crippen LogP contribution is -2.45. The first-order valence-corrected chi connectivity index (χ1v) is 9.61. The summed E-state index contributed by atoms with van der Waals surface area (Å²) in [7, 11) is -1.60. The summed E-state index contributed by atoms with van der Waals surface area (Å²) in [4.78, 5) is 4.55. The summed E-state index contributed by atoms with van der Waals surface area (Å²) in [5, 5.41) is 1.51. The second kappa shape index (κ2) is 3.95. The Kier molecular flexibility index (Phi) is 2.98. The van der Waals surface area contributed by atoms with Gasteiger partial charge in [0, 0.05) is 22.3 Å². The zero-order valence-corrected chi connectivity index (χ0v) is 13.7. The summed E-state index contributed by atoms with van der Waals surface area (Å²) in [6.45, 7) is 11.8. The Morgan fingerprint density at radius 1 is 1.29 bits per heavy atom. The minimum Gasteiger partial charge on any atom is -0.358 e. The van der Waals surface area contributed by atoms with Gasteiger partial charge in [0.1, 0.15) is 5.65 Å². The molecular weight excluding hydrogens is 292 g/mol.